The van der Waals surface area contributed by atoms with E-state index in [1.165, 1.54) is 22.3 Å². The van der Waals surface area contributed by atoms with Gasteiger partial charge in [0.1, 0.15) is 22.8 Å². The van der Waals surface area contributed by atoms with Gasteiger partial charge >= 0.3 is 0 Å². The predicted molar refractivity (Wildman–Crippen MR) is 188 cm³/mol. The number of nitrogens with zero attached hydrogens (tertiary/aromatic N) is 6. The summed E-state index contributed by atoms with van der Waals surface area (Å²) in [4.78, 5) is 0. The molecule has 46 heavy (non-hydrogen) atoms. The number of fused-ring (bicyclic) bond motifs is 8. The first-order valence-electron chi connectivity index (χ1n) is 16.6. The topological polar surface area (TPSA) is 61.4 Å². The van der Waals surface area contributed by atoms with Gasteiger partial charge < -0.3 is 0 Å². The van der Waals surface area contributed by atoms with Crippen molar-refractivity contribution in [3.05, 3.63) is 107 Å². The number of hydrogen-bond acceptors (Lipinski definition) is 4. The lowest BCUT2D eigenvalue weighted by Gasteiger charge is -2.24. The van der Waals surface area contributed by atoms with E-state index >= 15 is 0 Å². The van der Waals surface area contributed by atoms with Crippen LogP contribution in [-0.4, -0.2) is 30.0 Å². The molecule has 4 aromatic carbocycles. The third-order valence-electron chi connectivity index (χ3n) is 9.32. The average molecular weight is 607 g/mol. The van der Waals surface area contributed by atoms with Crippen molar-refractivity contribution >= 4 is 0 Å². The molecule has 6 heteroatoms. The first kappa shape index (κ1) is 29.8. The van der Waals surface area contributed by atoms with Gasteiger partial charge in [-0.25, -0.2) is 9.36 Å². The summed E-state index contributed by atoms with van der Waals surface area (Å²) >= 11 is 0. The fourth-order valence-corrected chi connectivity index (χ4v) is 7.03. The van der Waals surface area contributed by atoms with Crippen LogP contribution >= 0.6 is 0 Å². The molecule has 1 aliphatic rings. The number of aromatic nitrogens is 6. The van der Waals surface area contributed by atoms with Gasteiger partial charge in [-0.05, 0) is 45.9 Å². The van der Waals surface area contributed by atoms with Crippen LogP contribution in [-0.2, 0) is 0 Å². The van der Waals surface area contributed by atoms with Crippen molar-refractivity contribution in [3.8, 4) is 56.4 Å². The molecule has 0 aliphatic heterocycles. The first-order valence-corrected chi connectivity index (χ1v) is 16.6. The van der Waals surface area contributed by atoms with Crippen LogP contribution in [0.1, 0.15) is 101 Å². The summed E-state index contributed by atoms with van der Waals surface area (Å²) in [5.41, 5.74) is 15.0. The molecule has 0 amide bonds. The highest BCUT2D eigenvalue weighted by Gasteiger charge is 2.33. The van der Waals surface area contributed by atoms with Gasteiger partial charge in [0, 0.05) is 22.3 Å². The van der Waals surface area contributed by atoms with E-state index in [0.29, 0.717) is 23.7 Å². The van der Waals surface area contributed by atoms with Gasteiger partial charge in [0.25, 0.3) is 0 Å². The molecule has 1 aliphatic carbocycles. The highest BCUT2D eigenvalue weighted by Crippen LogP contribution is 2.48. The molecule has 6 aromatic rings. The van der Waals surface area contributed by atoms with Crippen molar-refractivity contribution in [2.24, 2.45) is 0 Å². The van der Waals surface area contributed by atoms with Crippen molar-refractivity contribution in [1.82, 2.24) is 30.0 Å². The van der Waals surface area contributed by atoms with Gasteiger partial charge in [-0.15, -0.1) is 10.2 Å². The third-order valence-corrected chi connectivity index (χ3v) is 9.32. The minimum absolute atomic E-state index is 0.309. The Labute approximate surface area is 272 Å². The summed E-state index contributed by atoms with van der Waals surface area (Å²) in [6, 6.07) is 30.3. The van der Waals surface area contributed by atoms with E-state index in [0.717, 1.165) is 56.4 Å². The molecule has 7 rings (SSSR count). The van der Waals surface area contributed by atoms with E-state index in [4.69, 9.17) is 20.6 Å². The van der Waals surface area contributed by atoms with Gasteiger partial charge in [0.2, 0.25) is 0 Å². The fraction of sp³-hybridized carbons (Fsp3) is 0.300. The van der Waals surface area contributed by atoms with Crippen molar-refractivity contribution < 1.29 is 0 Å². The van der Waals surface area contributed by atoms with Gasteiger partial charge in [0.05, 0.1) is 11.4 Å². The Kier molecular flexibility index (Phi) is 7.47. The van der Waals surface area contributed by atoms with Crippen LogP contribution < -0.4 is 0 Å². The summed E-state index contributed by atoms with van der Waals surface area (Å²) < 4.78 is 4.21. The maximum Gasteiger partial charge on any atom is 0.122 e. The molecular formula is C40H42N6. The molecule has 232 valence electrons. The van der Waals surface area contributed by atoms with Crippen LogP contribution in [0.25, 0.3) is 56.4 Å². The molecule has 0 atom stereocenters. The van der Waals surface area contributed by atoms with Crippen molar-refractivity contribution in [2.45, 2.75) is 79.1 Å². The van der Waals surface area contributed by atoms with E-state index in [-0.39, 0.29) is 0 Å². The second-order valence-electron chi connectivity index (χ2n) is 13.7. The van der Waals surface area contributed by atoms with E-state index in [1.54, 1.807) is 0 Å². The molecule has 6 nitrogen and oxygen atoms in total. The van der Waals surface area contributed by atoms with Gasteiger partial charge in [0.15, 0.2) is 0 Å². The molecule has 0 radical (unpaired) electrons. The smallest absolute Gasteiger partial charge is 0.122 e. The Hall–Kier alpha value is -4.84. The summed E-state index contributed by atoms with van der Waals surface area (Å²) in [6.45, 7) is 18.0. The van der Waals surface area contributed by atoms with Crippen LogP contribution in [0.5, 0.6) is 0 Å². The summed E-state index contributed by atoms with van der Waals surface area (Å²) in [5.74, 6) is 1.24. The van der Waals surface area contributed by atoms with E-state index in [9.17, 15) is 0 Å². The van der Waals surface area contributed by atoms with E-state index in [1.807, 2.05) is 0 Å². The molecule has 0 saturated heterocycles. The number of para-hydroxylation sites is 2. The quantitative estimate of drug-likeness (QED) is 0.189. The average Bonchev–Trinajstić information content (AvgIpc) is 3.68. The summed E-state index contributed by atoms with van der Waals surface area (Å²) in [7, 11) is 0. The van der Waals surface area contributed by atoms with Crippen LogP contribution in [0.2, 0.25) is 0 Å². The Morgan fingerprint density at radius 2 is 0.696 bits per heavy atom. The third kappa shape index (κ3) is 4.61. The molecule has 0 saturated carbocycles. The maximum atomic E-state index is 4.96. The maximum absolute atomic E-state index is 4.96. The second-order valence-corrected chi connectivity index (χ2v) is 13.7. The monoisotopic (exact) mass is 606 g/mol. The van der Waals surface area contributed by atoms with Crippen LogP contribution in [0.3, 0.4) is 0 Å². The zero-order valence-corrected chi connectivity index (χ0v) is 28.1. The summed E-state index contributed by atoms with van der Waals surface area (Å²) in [5, 5.41) is 19.8. The Bertz CT molecular complexity index is 1870. The lowest BCUT2D eigenvalue weighted by atomic mass is 9.88. The molecule has 0 unspecified atom stereocenters. The van der Waals surface area contributed by atoms with Crippen LogP contribution in [0.15, 0.2) is 84.9 Å². The molecular weight excluding hydrogens is 564 g/mol. The Morgan fingerprint density at radius 3 is 1.00 bits per heavy atom. The van der Waals surface area contributed by atoms with Crippen molar-refractivity contribution in [1.29, 1.82) is 0 Å². The lowest BCUT2D eigenvalue weighted by molar-refractivity contribution is 0.744. The second kappa shape index (κ2) is 11.5. The predicted octanol–water partition coefficient (Wildman–Crippen LogP) is 10.3. The number of benzene rings is 4. The number of rotatable bonds is 6. The van der Waals surface area contributed by atoms with Crippen molar-refractivity contribution in [2.75, 3.05) is 0 Å². The van der Waals surface area contributed by atoms with Crippen LogP contribution in [0.4, 0.5) is 0 Å². The highest BCUT2D eigenvalue weighted by atomic mass is 15.4. The molecule has 2 aromatic heterocycles. The highest BCUT2D eigenvalue weighted by molar-refractivity contribution is 5.99. The lowest BCUT2D eigenvalue weighted by Crippen LogP contribution is -2.12. The van der Waals surface area contributed by atoms with Gasteiger partial charge in [-0.1, -0.05) is 151 Å². The summed E-state index contributed by atoms with van der Waals surface area (Å²) in [6.07, 6.45) is 0. The minimum atomic E-state index is 0.309. The fourth-order valence-electron chi connectivity index (χ4n) is 7.03. The number of hydrogen-bond donors (Lipinski definition) is 0. The zero-order valence-electron chi connectivity index (χ0n) is 28.1. The van der Waals surface area contributed by atoms with E-state index in [2.05, 4.69) is 150 Å². The normalized spacial score (nSPS) is 12.3. The first-order chi connectivity index (χ1) is 22.2. The van der Waals surface area contributed by atoms with Gasteiger partial charge in [-0.2, -0.15) is 0 Å². The Morgan fingerprint density at radius 1 is 0.391 bits per heavy atom. The SMILES string of the molecule is CC(C)c1cccc(C(C)C)c1-n1nnc2c1-c1ccccc1-c1c(nnn1-c1c(C(C)C)cccc1C(C)C)-c1ccccc1-2. The minimum Gasteiger partial charge on any atom is -0.212 e. The molecule has 2 heterocycles. The zero-order chi connectivity index (χ0) is 32.3. The van der Waals surface area contributed by atoms with E-state index < -0.39 is 0 Å². The largest absolute Gasteiger partial charge is 0.212 e. The molecule has 0 spiro atoms. The molecule has 0 bridgehead atoms. The van der Waals surface area contributed by atoms with Crippen LogP contribution in [0, 0.1) is 0 Å². The Balaban J connectivity index is 1.63. The molecule has 0 N–H and O–H groups in total. The molecule has 0 fully saturated rings. The standard InChI is InChI=1S/C40H42N6/c1-23(2)27-19-13-20-28(24(3)4)37(27)45-39-33-17-11-12-18-34(33)40-36(32-16-10-9-15-31(32)35(39)41-43-45)42-44-46(40)38-29(25(5)6)21-14-22-30(38)26(7)8/h9-26H,1-8H3. The van der Waals surface area contributed by atoms with Gasteiger partial charge in [-0.3, -0.25) is 0 Å². The van der Waals surface area contributed by atoms with Crippen molar-refractivity contribution in [3.63, 3.8) is 0 Å².